The lowest BCUT2D eigenvalue weighted by atomic mass is 9.92. The Hall–Kier alpha value is -2.94. The maximum absolute atomic E-state index is 14.1. The van der Waals surface area contributed by atoms with E-state index in [0.717, 1.165) is 5.56 Å². The molecule has 1 unspecified atom stereocenters. The van der Waals surface area contributed by atoms with E-state index in [1.165, 1.54) is 30.3 Å². The van der Waals surface area contributed by atoms with Gasteiger partial charge in [-0.15, -0.1) is 0 Å². The Morgan fingerprint density at radius 2 is 1.76 bits per heavy atom. The zero-order valence-electron chi connectivity index (χ0n) is 17.7. The second-order valence-electron chi connectivity index (χ2n) is 8.04. The third-order valence-corrected chi connectivity index (χ3v) is 8.22. The number of benzene rings is 4. The van der Waals surface area contributed by atoms with Crippen LogP contribution in [-0.4, -0.2) is 14.3 Å². The summed E-state index contributed by atoms with van der Waals surface area (Å²) in [4.78, 5) is 13.2. The molecule has 0 radical (unpaired) electrons. The predicted molar refractivity (Wildman–Crippen MR) is 134 cm³/mol. The average molecular weight is 560 g/mol. The van der Waals surface area contributed by atoms with Gasteiger partial charge in [-0.25, -0.2) is 12.8 Å². The van der Waals surface area contributed by atoms with E-state index >= 15 is 0 Å². The number of amides is 1. The summed E-state index contributed by atoms with van der Waals surface area (Å²) in [6.45, 7) is 1.86. The van der Waals surface area contributed by atoms with Crippen molar-refractivity contribution in [1.29, 1.82) is 0 Å². The minimum Gasteiger partial charge on any atom is -0.341 e. The van der Waals surface area contributed by atoms with Crippen LogP contribution in [0.4, 0.5) is 10.1 Å². The highest BCUT2D eigenvalue weighted by atomic mass is 79.9. The number of carbonyl (C=O) groups is 1. The smallest absolute Gasteiger partial charge is 0.261 e. The van der Waals surface area contributed by atoms with E-state index in [-0.39, 0.29) is 15.6 Å². The number of fused-ring (bicyclic) bond motifs is 3. The first-order valence-electron chi connectivity index (χ1n) is 10.3. The number of anilines is 1. The van der Waals surface area contributed by atoms with Crippen molar-refractivity contribution in [1.82, 2.24) is 5.32 Å². The fourth-order valence-corrected chi connectivity index (χ4v) is 5.98. The lowest BCUT2D eigenvalue weighted by Gasteiger charge is -2.19. The summed E-state index contributed by atoms with van der Waals surface area (Å²) >= 11 is 9.86. The molecular formula is C25H17BrClFN2O3S. The normalized spacial score (nSPS) is 15.3. The van der Waals surface area contributed by atoms with Crippen LogP contribution in [-0.2, 0) is 10.0 Å². The van der Waals surface area contributed by atoms with Crippen molar-refractivity contribution in [2.75, 3.05) is 4.72 Å². The first-order chi connectivity index (χ1) is 16.2. The number of hydrogen-bond donors (Lipinski definition) is 2. The Kier molecular flexibility index (Phi) is 5.62. The van der Waals surface area contributed by atoms with Crippen LogP contribution in [0, 0.1) is 12.7 Å². The van der Waals surface area contributed by atoms with E-state index in [4.69, 9.17) is 11.6 Å². The van der Waals surface area contributed by atoms with Crippen LogP contribution in [0.15, 0.2) is 76.1 Å². The van der Waals surface area contributed by atoms with E-state index in [9.17, 15) is 17.6 Å². The summed E-state index contributed by atoms with van der Waals surface area (Å²) in [6.07, 6.45) is 0. The molecule has 0 aromatic heterocycles. The molecule has 2 N–H and O–H groups in total. The van der Waals surface area contributed by atoms with E-state index in [1.54, 1.807) is 36.4 Å². The molecule has 172 valence electrons. The third-order valence-electron chi connectivity index (χ3n) is 5.81. The van der Waals surface area contributed by atoms with E-state index in [0.29, 0.717) is 31.9 Å². The number of rotatable bonds is 4. The Morgan fingerprint density at radius 1 is 1.03 bits per heavy atom. The van der Waals surface area contributed by atoms with Crippen molar-refractivity contribution >= 4 is 59.9 Å². The molecule has 4 aromatic carbocycles. The number of carbonyl (C=O) groups excluding carboxylic acids is 1. The van der Waals surface area contributed by atoms with Crippen LogP contribution in [0.5, 0.6) is 0 Å². The minimum absolute atomic E-state index is 0.0803. The van der Waals surface area contributed by atoms with Crippen LogP contribution in [0.25, 0.3) is 10.8 Å². The van der Waals surface area contributed by atoms with Crippen molar-refractivity contribution in [3.05, 3.63) is 104 Å². The van der Waals surface area contributed by atoms with Crippen molar-refractivity contribution < 1.29 is 17.6 Å². The Balaban J connectivity index is 1.77. The number of sulfonamides is 1. The molecule has 5 nitrogen and oxygen atoms in total. The van der Waals surface area contributed by atoms with Gasteiger partial charge in [-0.2, -0.15) is 0 Å². The largest absolute Gasteiger partial charge is 0.341 e. The molecule has 4 aromatic rings. The van der Waals surface area contributed by atoms with Gasteiger partial charge in [-0.1, -0.05) is 57.4 Å². The zero-order chi connectivity index (χ0) is 24.2. The van der Waals surface area contributed by atoms with E-state index in [1.807, 2.05) is 6.92 Å². The van der Waals surface area contributed by atoms with E-state index < -0.39 is 27.8 Å². The summed E-state index contributed by atoms with van der Waals surface area (Å²) in [5.74, 6) is -0.924. The second-order valence-corrected chi connectivity index (χ2v) is 11.0. The average Bonchev–Trinajstić information content (AvgIpc) is 3.14. The van der Waals surface area contributed by atoms with Crippen LogP contribution >= 0.6 is 27.5 Å². The molecule has 1 atom stereocenters. The molecule has 0 saturated heterocycles. The van der Waals surface area contributed by atoms with Crippen LogP contribution in [0.2, 0.25) is 5.02 Å². The van der Waals surface area contributed by atoms with Crippen molar-refractivity contribution in [2.45, 2.75) is 17.9 Å². The van der Waals surface area contributed by atoms with Crippen LogP contribution in [0.1, 0.15) is 33.1 Å². The highest BCUT2D eigenvalue weighted by molar-refractivity contribution is 9.10. The molecular weight excluding hydrogens is 543 g/mol. The van der Waals surface area contributed by atoms with Gasteiger partial charge in [0.2, 0.25) is 0 Å². The molecule has 0 fully saturated rings. The molecule has 1 heterocycles. The highest BCUT2D eigenvalue weighted by Crippen LogP contribution is 2.44. The first-order valence-corrected chi connectivity index (χ1v) is 12.9. The van der Waals surface area contributed by atoms with Gasteiger partial charge in [0.25, 0.3) is 15.9 Å². The summed E-state index contributed by atoms with van der Waals surface area (Å²) in [5.41, 5.74) is 2.16. The van der Waals surface area contributed by atoms with Gasteiger partial charge in [0, 0.05) is 20.6 Å². The topological polar surface area (TPSA) is 75.3 Å². The lowest BCUT2D eigenvalue weighted by Crippen LogP contribution is -2.21. The summed E-state index contributed by atoms with van der Waals surface area (Å²) in [7, 11) is -3.99. The molecule has 0 aliphatic carbocycles. The van der Waals surface area contributed by atoms with Crippen molar-refractivity contribution in [2.24, 2.45) is 0 Å². The SMILES string of the molecule is Cc1ccc(S(=O)(=O)Nc2cc3c(Br)cccc3c3c2C(c2cc(F)ccc2Cl)NC3=O)cc1. The molecule has 34 heavy (non-hydrogen) atoms. The van der Waals surface area contributed by atoms with Gasteiger partial charge in [-0.3, -0.25) is 9.52 Å². The lowest BCUT2D eigenvalue weighted by molar-refractivity contribution is 0.0962. The Bertz CT molecular complexity index is 1590. The third kappa shape index (κ3) is 3.85. The molecule has 5 rings (SSSR count). The van der Waals surface area contributed by atoms with Crippen molar-refractivity contribution in [3.63, 3.8) is 0 Å². The number of hydrogen-bond acceptors (Lipinski definition) is 3. The number of nitrogens with one attached hydrogen (secondary N) is 2. The quantitative estimate of drug-likeness (QED) is 0.307. The first kappa shape index (κ1) is 22.8. The monoisotopic (exact) mass is 558 g/mol. The van der Waals surface area contributed by atoms with Gasteiger partial charge < -0.3 is 5.32 Å². The standard InChI is InChI=1S/C25H17BrClFN2O3S/c1-13-5-8-15(9-6-13)34(32,33)30-21-12-17-16(3-2-4-19(17)26)22-23(21)24(29-25(22)31)18-11-14(28)7-10-20(18)27/h2-12,24,30H,1H3,(H,29,31). The molecule has 1 aliphatic rings. The number of halogens is 3. The summed E-state index contributed by atoms with van der Waals surface area (Å²) < 4.78 is 44.0. The Labute approximate surface area is 209 Å². The highest BCUT2D eigenvalue weighted by Gasteiger charge is 2.36. The fraction of sp³-hybridized carbons (Fsp3) is 0.0800. The summed E-state index contributed by atoms with van der Waals surface area (Å²) in [6, 6.07) is 16.5. The molecule has 0 bridgehead atoms. The Morgan fingerprint density at radius 3 is 2.50 bits per heavy atom. The van der Waals surface area contributed by atoms with Gasteiger partial charge in [0.15, 0.2) is 0 Å². The number of aryl methyl sites for hydroxylation is 1. The minimum atomic E-state index is -3.99. The molecule has 9 heteroatoms. The predicted octanol–water partition coefficient (Wildman–Crippen LogP) is 6.34. The van der Waals surface area contributed by atoms with Crippen LogP contribution < -0.4 is 10.0 Å². The fourth-order valence-electron chi connectivity index (χ4n) is 4.20. The van der Waals surface area contributed by atoms with Crippen LogP contribution in [0.3, 0.4) is 0 Å². The van der Waals surface area contributed by atoms with E-state index in [2.05, 4.69) is 26.0 Å². The molecule has 0 saturated carbocycles. The molecule has 1 aliphatic heterocycles. The zero-order valence-corrected chi connectivity index (χ0v) is 20.9. The second kappa shape index (κ2) is 8.37. The van der Waals surface area contributed by atoms with Gasteiger partial charge >= 0.3 is 0 Å². The maximum atomic E-state index is 14.1. The van der Waals surface area contributed by atoms with Gasteiger partial charge in [0.1, 0.15) is 5.82 Å². The summed E-state index contributed by atoms with van der Waals surface area (Å²) in [5, 5.41) is 4.39. The molecule has 1 amide bonds. The van der Waals surface area contributed by atoms with Gasteiger partial charge in [0.05, 0.1) is 22.2 Å². The maximum Gasteiger partial charge on any atom is 0.261 e. The van der Waals surface area contributed by atoms with Crippen molar-refractivity contribution in [3.8, 4) is 0 Å². The molecule has 0 spiro atoms. The van der Waals surface area contributed by atoms with Gasteiger partial charge in [-0.05, 0) is 60.2 Å².